The van der Waals surface area contributed by atoms with E-state index in [4.69, 9.17) is 28.3 Å². The molecule has 0 atom stereocenters. The van der Waals surface area contributed by atoms with Crippen molar-refractivity contribution in [1.29, 1.82) is 0 Å². The number of carboxylic acid groups (broad SMARTS) is 1. The minimum Gasteiger partial charge on any atom is -0.481 e. The van der Waals surface area contributed by atoms with Crippen molar-refractivity contribution in [3.63, 3.8) is 0 Å². The smallest absolute Gasteiger partial charge is 0.303 e. The van der Waals surface area contributed by atoms with Crippen LogP contribution in [0.1, 0.15) is 19.8 Å². The van der Waals surface area contributed by atoms with Crippen molar-refractivity contribution < 1.29 is 18.3 Å². The summed E-state index contributed by atoms with van der Waals surface area (Å²) in [5, 5.41) is 9.03. The molecule has 20 heavy (non-hydrogen) atoms. The molecule has 0 heterocycles. The van der Waals surface area contributed by atoms with Crippen LogP contribution in [0.5, 0.6) is 0 Å². The van der Waals surface area contributed by atoms with E-state index in [0.717, 1.165) is 4.31 Å². The van der Waals surface area contributed by atoms with Gasteiger partial charge in [0.15, 0.2) is 0 Å². The van der Waals surface area contributed by atoms with Crippen molar-refractivity contribution >= 4 is 44.9 Å². The van der Waals surface area contributed by atoms with Crippen LogP contribution in [0.4, 0.5) is 5.69 Å². The lowest BCUT2D eigenvalue weighted by Crippen LogP contribution is -2.33. The molecule has 8 heteroatoms. The summed E-state index contributed by atoms with van der Waals surface area (Å²) in [5.41, 5.74) is 0.270. The molecule has 0 saturated heterocycles. The highest BCUT2D eigenvalue weighted by atomic mass is 35.5. The fourth-order valence-corrected chi connectivity index (χ4v) is 3.24. The fourth-order valence-electron chi connectivity index (χ4n) is 1.62. The summed E-state index contributed by atoms with van der Waals surface area (Å²) in [7, 11) is -3.55. The van der Waals surface area contributed by atoms with Crippen LogP contribution in [-0.2, 0) is 14.8 Å². The number of rotatable bonds is 7. The Morgan fingerprint density at radius 1 is 1.35 bits per heavy atom. The Morgan fingerprint density at radius 2 is 2.00 bits per heavy atom. The zero-order valence-electron chi connectivity index (χ0n) is 10.8. The first-order valence-electron chi connectivity index (χ1n) is 5.95. The lowest BCUT2D eigenvalue weighted by molar-refractivity contribution is -0.137. The Bertz CT molecular complexity index is 589. The maximum Gasteiger partial charge on any atom is 0.303 e. The third-order valence-corrected chi connectivity index (χ3v) is 5.24. The maximum absolute atomic E-state index is 12.1. The summed E-state index contributed by atoms with van der Waals surface area (Å²) < 4.78 is 25.3. The van der Waals surface area contributed by atoms with Crippen molar-refractivity contribution in [3.8, 4) is 0 Å². The van der Waals surface area contributed by atoms with Crippen molar-refractivity contribution in [2.24, 2.45) is 0 Å². The predicted octanol–water partition coefficient (Wildman–Crippen LogP) is 3.01. The first kappa shape index (κ1) is 17.1. The number of anilines is 1. The summed E-state index contributed by atoms with van der Waals surface area (Å²) in [5.74, 6) is -1.08. The van der Waals surface area contributed by atoms with Gasteiger partial charge in [0.1, 0.15) is 0 Å². The van der Waals surface area contributed by atoms with E-state index in [1.54, 1.807) is 18.2 Å². The molecule has 0 unspecified atom stereocenters. The highest BCUT2D eigenvalue weighted by molar-refractivity contribution is 7.92. The van der Waals surface area contributed by atoms with E-state index in [0.29, 0.717) is 0 Å². The van der Waals surface area contributed by atoms with Gasteiger partial charge in [-0.1, -0.05) is 29.3 Å². The topological polar surface area (TPSA) is 74.7 Å². The maximum atomic E-state index is 12.1. The Balaban J connectivity index is 3.11. The van der Waals surface area contributed by atoms with Crippen molar-refractivity contribution in [3.05, 3.63) is 28.2 Å². The van der Waals surface area contributed by atoms with E-state index in [-0.39, 0.29) is 40.9 Å². The number of carbonyl (C=O) groups is 1. The SMILES string of the molecule is CCS(=O)(=O)N(CCCC(=O)O)c1cccc(Cl)c1Cl. The number of carboxylic acids is 1. The molecule has 112 valence electrons. The van der Waals surface area contributed by atoms with Gasteiger partial charge in [-0.25, -0.2) is 8.42 Å². The average Bonchev–Trinajstić information content (AvgIpc) is 2.38. The van der Waals surface area contributed by atoms with Crippen LogP contribution >= 0.6 is 23.2 Å². The highest BCUT2D eigenvalue weighted by Crippen LogP contribution is 2.34. The molecule has 0 radical (unpaired) electrons. The molecule has 1 rings (SSSR count). The van der Waals surface area contributed by atoms with Crippen LogP contribution in [0.2, 0.25) is 10.0 Å². The molecule has 0 aliphatic rings. The molecule has 0 bridgehead atoms. The zero-order chi connectivity index (χ0) is 15.3. The fraction of sp³-hybridized carbons (Fsp3) is 0.417. The first-order valence-corrected chi connectivity index (χ1v) is 8.32. The number of aliphatic carboxylic acids is 1. The molecular formula is C12H15Cl2NO4S. The second kappa shape index (κ2) is 7.15. The number of sulfonamides is 1. The van der Waals surface area contributed by atoms with Crippen LogP contribution in [-0.4, -0.2) is 31.8 Å². The molecule has 0 aliphatic carbocycles. The number of hydrogen-bond acceptors (Lipinski definition) is 3. The molecule has 1 N–H and O–H groups in total. The lowest BCUT2D eigenvalue weighted by Gasteiger charge is -2.24. The van der Waals surface area contributed by atoms with E-state index in [9.17, 15) is 13.2 Å². The molecule has 0 aromatic heterocycles. The summed E-state index contributed by atoms with van der Waals surface area (Å²) in [6.07, 6.45) is 0.0747. The van der Waals surface area contributed by atoms with E-state index in [1.807, 2.05) is 0 Å². The van der Waals surface area contributed by atoms with Gasteiger partial charge in [-0.3, -0.25) is 9.10 Å². The van der Waals surface area contributed by atoms with Crippen LogP contribution in [0, 0.1) is 0 Å². The van der Waals surface area contributed by atoms with E-state index < -0.39 is 16.0 Å². The molecule has 1 aromatic carbocycles. The summed E-state index contributed by atoms with van der Waals surface area (Å²) in [4.78, 5) is 10.5. The van der Waals surface area contributed by atoms with Crippen molar-refractivity contribution in [2.75, 3.05) is 16.6 Å². The average molecular weight is 340 g/mol. The van der Waals surface area contributed by atoms with Gasteiger partial charge < -0.3 is 5.11 Å². The van der Waals surface area contributed by atoms with Crippen LogP contribution in [0.25, 0.3) is 0 Å². The van der Waals surface area contributed by atoms with Crippen LogP contribution in [0.15, 0.2) is 18.2 Å². The predicted molar refractivity (Wildman–Crippen MR) is 80.1 cm³/mol. The van der Waals surface area contributed by atoms with Gasteiger partial charge in [-0.15, -0.1) is 0 Å². The van der Waals surface area contributed by atoms with Crippen molar-refractivity contribution in [2.45, 2.75) is 19.8 Å². The van der Waals surface area contributed by atoms with Crippen LogP contribution < -0.4 is 4.31 Å². The molecule has 0 saturated carbocycles. The van der Waals surface area contributed by atoms with Gasteiger partial charge in [0, 0.05) is 13.0 Å². The van der Waals surface area contributed by atoms with Gasteiger partial charge in [-0.2, -0.15) is 0 Å². The lowest BCUT2D eigenvalue weighted by atomic mass is 10.3. The highest BCUT2D eigenvalue weighted by Gasteiger charge is 2.23. The number of halogens is 2. The largest absolute Gasteiger partial charge is 0.481 e. The Hall–Kier alpha value is -0.980. The number of nitrogens with zero attached hydrogens (tertiary/aromatic N) is 1. The number of benzene rings is 1. The second-order valence-electron chi connectivity index (χ2n) is 4.04. The second-order valence-corrected chi connectivity index (χ2v) is 7.01. The molecule has 5 nitrogen and oxygen atoms in total. The Labute approximate surface area is 128 Å². The molecule has 0 aliphatic heterocycles. The molecule has 0 amide bonds. The molecular weight excluding hydrogens is 325 g/mol. The Kier molecular flexibility index (Phi) is 6.10. The first-order chi connectivity index (χ1) is 9.29. The van der Waals surface area contributed by atoms with Gasteiger partial charge in [0.05, 0.1) is 21.5 Å². The van der Waals surface area contributed by atoms with Gasteiger partial charge in [0.2, 0.25) is 10.0 Å². The summed E-state index contributed by atoms with van der Waals surface area (Å²) in [6, 6.07) is 4.70. The van der Waals surface area contributed by atoms with Crippen LogP contribution in [0.3, 0.4) is 0 Å². The third-order valence-electron chi connectivity index (χ3n) is 2.65. The minimum absolute atomic E-state index is 0.0442. The minimum atomic E-state index is -3.55. The number of hydrogen-bond donors (Lipinski definition) is 1. The summed E-state index contributed by atoms with van der Waals surface area (Å²) >= 11 is 11.9. The molecule has 1 aromatic rings. The standard InChI is InChI=1S/C12H15Cl2NO4S/c1-2-20(18,19)15(8-4-7-11(16)17)10-6-3-5-9(13)12(10)14/h3,5-6H,2,4,7-8H2,1H3,(H,16,17). The summed E-state index contributed by atoms with van der Waals surface area (Å²) in [6.45, 7) is 1.56. The molecule has 0 fully saturated rings. The van der Waals surface area contributed by atoms with E-state index in [1.165, 1.54) is 6.92 Å². The normalized spacial score (nSPS) is 11.3. The zero-order valence-corrected chi connectivity index (χ0v) is 13.2. The van der Waals surface area contributed by atoms with Gasteiger partial charge in [0.25, 0.3) is 0 Å². The Morgan fingerprint density at radius 3 is 2.55 bits per heavy atom. The van der Waals surface area contributed by atoms with E-state index >= 15 is 0 Å². The monoisotopic (exact) mass is 339 g/mol. The quantitative estimate of drug-likeness (QED) is 0.828. The van der Waals surface area contributed by atoms with Crippen molar-refractivity contribution in [1.82, 2.24) is 0 Å². The third kappa shape index (κ3) is 4.26. The molecule has 0 spiro atoms. The van der Waals surface area contributed by atoms with Gasteiger partial charge in [-0.05, 0) is 25.5 Å². The van der Waals surface area contributed by atoms with Gasteiger partial charge >= 0.3 is 5.97 Å². The van der Waals surface area contributed by atoms with E-state index in [2.05, 4.69) is 0 Å².